The molecule has 5 heteroatoms. The molecule has 18 heavy (non-hydrogen) atoms. The zero-order valence-corrected chi connectivity index (χ0v) is 10.2. The van der Waals surface area contributed by atoms with Crippen LogP contribution in [0.1, 0.15) is 18.9 Å². The number of hydrogen-bond acceptors (Lipinski definition) is 4. The van der Waals surface area contributed by atoms with Crippen molar-refractivity contribution in [1.82, 2.24) is 0 Å². The summed E-state index contributed by atoms with van der Waals surface area (Å²) in [5.41, 5.74) is 7.58. The number of hydrogen-bond donors (Lipinski definition) is 2. The Morgan fingerprint density at radius 2 is 2.28 bits per heavy atom. The molecule has 0 aromatic heterocycles. The van der Waals surface area contributed by atoms with Gasteiger partial charge in [-0.25, -0.2) is 4.90 Å². The number of benzene rings is 1. The van der Waals surface area contributed by atoms with Gasteiger partial charge >= 0.3 is 0 Å². The van der Waals surface area contributed by atoms with Gasteiger partial charge in [0, 0.05) is 5.69 Å². The predicted octanol–water partition coefficient (Wildman–Crippen LogP) is 0.703. The highest BCUT2D eigenvalue weighted by Gasteiger charge is 2.35. The molecule has 1 heterocycles. The smallest absolute Gasteiger partial charge is 0.239 e. The molecule has 1 aliphatic heterocycles. The first-order chi connectivity index (χ1) is 8.58. The minimum atomic E-state index is -0.530. The lowest BCUT2D eigenvalue weighted by Crippen LogP contribution is -2.39. The molecule has 0 aliphatic carbocycles. The van der Waals surface area contributed by atoms with E-state index in [4.69, 9.17) is 10.8 Å². The minimum Gasteiger partial charge on any atom is -0.399 e. The van der Waals surface area contributed by atoms with Crippen LogP contribution in [0, 0.1) is 5.92 Å². The number of nitrogen functional groups attached to an aromatic ring is 1. The van der Waals surface area contributed by atoms with Crippen LogP contribution in [0.25, 0.3) is 0 Å². The number of fused-ring (bicyclic) bond motifs is 1. The third kappa shape index (κ3) is 1.97. The van der Waals surface area contributed by atoms with Gasteiger partial charge in [-0.05, 0) is 30.2 Å². The molecular formula is C13H16N2O3. The van der Waals surface area contributed by atoms with Gasteiger partial charge in [0.05, 0.1) is 24.6 Å². The number of nitrogens with two attached hydrogens (primary N) is 1. The molecular weight excluding hydrogens is 232 g/mol. The van der Waals surface area contributed by atoms with Crippen LogP contribution in [-0.4, -0.2) is 23.5 Å². The highest BCUT2D eigenvalue weighted by molar-refractivity contribution is 6.19. The number of rotatable bonds is 3. The van der Waals surface area contributed by atoms with Crippen LogP contribution in [0.3, 0.4) is 0 Å². The largest absolute Gasteiger partial charge is 0.399 e. The van der Waals surface area contributed by atoms with Gasteiger partial charge < -0.3 is 10.8 Å². The molecule has 0 fully saturated rings. The van der Waals surface area contributed by atoms with E-state index in [2.05, 4.69) is 0 Å². The van der Waals surface area contributed by atoms with Gasteiger partial charge in [-0.15, -0.1) is 0 Å². The lowest BCUT2D eigenvalue weighted by Gasteiger charge is -2.20. The molecule has 96 valence electrons. The van der Waals surface area contributed by atoms with E-state index in [1.54, 1.807) is 18.2 Å². The molecule has 0 saturated carbocycles. The number of aliphatic hydroxyl groups is 1. The van der Waals surface area contributed by atoms with Crippen LogP contribution in [0.15, 0.2) is 18.2 Å². The van der Waals surface area contributed by atoms with Crippen LogP contribution in [-0.2, 0) is 16.0 Å². The Bertz CT molecular complexity index is 495. The SMILES string of the molecule is CCC(CO)C(=O)N1C(=O)Cc2cc(N)ccc21. The second-order valence-electron chi connectivity index (χ2n) is 4.42. The Labute approximate surface area is 105 Å². The summed E-state index contributed by atoms with van der Waals surface area (Å²) in [4.78, 5) is 25.2. The van der Waals surface area contributed by atoms with Crippen molar-refractivity contribution < 1.29 is 14.7 Å². The summed E-state index contributed by atoms with van der Waals surface area (Å²) in [5, 5.41) is 9.16. The van der Waals surface area contributed by atoms with Gasteiger partial charge in [0.1, 0.15) is 0 Å². The van der Waals surface area contributed by atoms with Crippen LogP contribution in [0.5, 0.6) is 0 Å². The fraction of sp³-hybridized carbons (Fsp3) is 0.385. The number of anilines is 2. The van der Waals surface area contributed by atoms with Crippen molar-refractivity contribution in [3.8, 4) is 0 Å². The minimum absolute atomic E-state index is 0.188. The summed E-state index contributed by atoms with van der Waals surface area (Å²) >= 11 is 0. The highest BCUT2D eigenvalue weighted by atomic mass is 16.3. The maximum atomic E-state index is 12.2. The molecule has 1 unspecified atom stereocenters. The monoisotopic (exact) mass is 248 g/mol. The molecule has 0 spiro atoms. The molecule has 1 atom stereocenters. The quantitative estimate of drug-likeness (QED) is 0.771. The summed E-state index contributed by atoms with van der Waals surface area (Å²) < 4.78 is 0. The Balaban J connectivity index is 2.36. The topological polar surface area (TPSA) is 83.6 Å². The Hall–Kier alpha value is -1.88. The zero-order valence-electron chi connectivity index (χ0n) is 10.2. The summed E-state index contributed by atoms with van der Waals surface area (Å²) in [5.74, 6) is -1.13. The molecule has 5 nitrogen and oxygen atoms in total. The zero-order chi connectivity index (χ0) is 13.3. The van der Waals surface area contributed by atoms with E-state index in [0.29, 0.717) is 17.8 Å². The van der Waals surface area contributed by atoms with Crippen molar-refractivity contribution in [2.24, 2.45) is 5.92 Å². The fourth-order valence-electron chi connectivity index (χ4n) is 2.15. The number of imide groups is 1. The van der Waals surface area contributed by atoms with E-state index in [1.165, 1.54) is 4.90 Å². The molecule has 1 aromatic carbocycles. The Kier molecular flexibility index (Phi) is 3.34. The Morgan fingerprint density at radius 1 is 1.56 bits per heavy atom. The molecule has 0 bridgehead atoms. The molecule has 2 amide bonds. The standard InChI is InChI=1S/C13H16N2O3/c1-2-8(7-16)13(18)15-11-4-3-10(14)5-9(11)6-12(15)17/h3-5,8,16H,2,6-7,14H2,1H3. The van der Waals surface area contributed by atoms with E-state index >= 15 is 0 Å². The van der Waals surface area contributed by atoms with Crippen LogP contribution in [0.2, 0.25) is 0 Å². The molecule has 0 saturated heterocycles. The fourth-order valence-corrected chi connectivity index (χ4v) is 2.15. The lowest BCUT2D eigenvalue weighted by molar-refractivity contribution is -0.128. The van der Waals surface area contributed by atoms with Gasteiger partial charge in [-0.2, -0.15) is 0 Å². The number of aliphatic hydroxyl groups excluding tert-OH is 1. The van der Waals surface area contributed by atoms with Gasteiger partial charge in [0.15, 0.2) is 0 Å². The second kappa shape index (κ2) is 4.78. The summed E-state index contributed by atoms with van der Waals surface area (Å²) in [6, 6.07) is 5.05. The van der Waals surface area contributed by atoms with E-state index in [0.717, 1.165) is 5.56 Å². The molecule has 2 rings (SSSR count). The average Bonchev–Trinajstić information content (AvgIpc) is 2.65. The number of nitrogens with zero attached hydrogens (tertiary/aromatic N) is 1. The van der Waals surface area contributed by atoms with E-state index in [1.807, 2.05) is 6.92 Å². The lowest BCUT2D eigenvalue weighted by atomic mass is 10.1. The number of amides is 2. The van der Waals surface area contributed by atoms with Crippen molar-refractivity contribution in [1.29, 1.82) is 0 Å². The van der Waals surface area contributed by atoms with Crippen molar-refractivity contribution >= 4 is 23.2 Å². The van der Waals surface area contributed by atoms with Crippen molar-refractivity contribution in [3.05, 3.63) is 23.8 Å². The first-order valence-electron chi connectivity index (χ1n) is 5.94. The number of carbonyl (C=O) groups is 2. The summed E-state index contributed by atoms with van der Waals surface area (Å²) in [6.07, 6.45) is 0.692. The van der Waals surface area contributed by atoms with Crippen LogP contribution in [0.4, 0.5) is 11.4 Å². The maximum Gasteiger partial charge on any atom is 0.239 e. The van der Waals surface area contributed by atoms with Crippen LogP contribution < -0.4 is 10.6 Å². The maximum absolute atomic E-state index is 12.2. The van der Waals surface area contributed by atoms with Gasteiger partial charge in [-0.3, -0.25) is 9.59 Å². The number of carbonyl (C=O) groups excluding carboxylic acids is 2. The summed E-state index contributed by atoms with van der Waals surface area (Å²) in [6.45, 7) is 1.56. The van der Waals surface area contributed by atoms with Gasteiger partial charge in [0.25, 0.3) is 0 Å². The second-order valence-corrected chi connectivity index (χ2v) is 4.42. The average molecular weight is 248 g/mol. The summed E-state index contributed by atoms with van der Waals surface area (Å²) in [7, 11) is 0. The normalized spacial score (nSPS) is 15.7. The molecule has 0 radical (unpaired) electrons. The van der Waals surface area contributed by atoms with Crippen molar-refractivity contribution in [2.75, 3.05) is 17.2 Å². The molecule has 1 aliphatic rings. The highest BCUT2D eigenvalue weighted by Crippen LogP contribution is 2.31. The van der Waals surface area contributed by atoms with Gasteiger partial charge in [0.2, 0.25) is 11.8 Å². The van der Waals surface area contributed by atoms with Crippen LogP contribution >= 0.6 is 0 Å². The van der Waals surface area contributed by atoms with Crippen molar-refractivity contribution in [2.45, 2.75) is 19.8 Å². The van der Waals surface area contributed by atoms with Crippen molar-refractivity contribution in [3.63, 3.8) is 0 Å². The van der Waals surface area contributed by atoms with E-state index in [9.17, 15) is 9.59 Å². The first-order valence-corrected chi connectivity index (χ1v) is 5.94. The van der Waals surface area contributed by atoms with E-state index < -0.39 is 5.92 Å². The third-order valence-electron chi connectivity index (χ3n) is 3.22. The van der Waals surface area contributed by atoms with Gasteiger partial charge in [-0.1, -0.05) is 6.92 Å². The Morgan fingerprint density at radius 3 is 2.89 bits per heavy atom. The molecule has 3 N–H and O–H groups in total. The first kappa shape index (κ1) is 12.6. The molecule has 1 aromatic rings. The van der Waals surface area contributed by atoms with E-state index in [-0.39, 0.29) is 24.8 Å². The predicted molar refractivity (Wildman–Crippen MR) is 67.9 cm³/mol. The third-order valence-corrected chi connectivity index (χ3v) is 3.22.